The molecule has 106 valence electrons. The van der Waals surface area contributed by atoms with Gasteiger partial charge in [-0.2, -0.15) is 0 Å². The van der Waals surface area contributed by atoms with E-state index in [2.05, 4.69) is 10.0 Å². The van der Waals surface area contributed by atoms with Gasteiger partial charge in [0.05, 0.1) is 0 Å². The van der Waals surface area contributed by atoms with Crippen molar-refractivity contribution in [3.8, 4) is 0 Å². The highest BCUT2D eigenvalue weighted by Gasteiger charge is 2.47. The molecule has 1 atom stereocenters. The Morgan fingerprint density at radius 2 is 2.14 bits per heavy atom. The molecule has 0 saturated carbocycles. The van der Waals surface area contributed by atoms with Crippen molar-refractivity contribution in [2.24, 2.45) is 5.11 Å². The fourth-order valence-electron chi connectivity index (χ4n) is 2.56. The fourth-order valence-corrected chi connectivity index (χ4v) is 2.56. The zero-order valence-corrected chi connectivity index (χ0v) is 11.1. The molecule has 0 spiro atoms. The Bertz CT molecular complexity index is 677. The first-order chi connectivity index (χ1) is 10.2. The molecule has 2 heterocycles. The molecule has 21 heavy (non-hydrogen) atoms. The van der Waals surface area contributed by atoms with Gasteiger partial charge >= 0.3 is 5.97 Å². The van der Waals surface area contributed by atoms with E-state index < -0.39 is 5.97 Å². The van der Waals surface area contributed by atoms with Crippen LogP contribution in [0.4, 0.5) is 0 Å². The van der Waals surface area contributed by atoms with Crippen molar-refractivity contribution in [2.75, 3.05) is 0 Å². The average Bonchev–Trinajstić information content (AvgIpc) is 2.79. The largest absolute Gasteiger partial charge is 0.456 e. The SMILES string of the molecule is [N-]=[N+]=NC1=C(C(=O)OCc2ccccc2)N2C(=O)C[C@H]2C1. The molecular formula is C14H12N4O3. The van der Waals surface area contributed by atoms with Gasteiger partial charge in [-0.1, -0.05) is 35.4 Å². The number of nitrogens with zero attached hydrogens (tertiary/aromatic N) is 4. The second-order valence-corrected chi connectivity index (χ2v) is 4.87. The van der Waals surface area contributed by atoms with Crippen molar-refractivity contribution in [3.63, 3.8) is 0 Å². The van der Waals surface area contributed by atoms with Gasteiger partial charge in [-0.05, 0) is 17.5 Å². The quantitative estimate of drug-likeness (QED) is 0.279. The summed E-state index contributed by atoms with van der Waals surface area (Å²) >= 11 is 0. The summed E-state index contributed by atoms with van der Waals surface area (Å²) < 4.78 is 5.22. The summed E-state index contributed by atoms with van der Waals surface area (Å²) in [5, 5.41) is 3.52. The van der Waals surface area contributed by atoms with E-state index in [0.717, 1.165) is 5.56 Å². The van der Waals surface area contributed by atoms with Crippen LogP contribution in [-0.2, 0) is 20.9 Å². The van der Waals surface area contributed by atoms with Crippen LogP contribution in [-0.4, -0.2) is 22.8 Å². The van der Waals surface area contributed by atoms with Gasteiger partial charge < -0.3 is 9.64 Å². The van der Waals surface area contributed by atoms with Crippen molar-refractivity contribution in [1.29, 1.82) is 0 Å². The van der Waals surface area contributed by atoms with E-state index >= 15 is 0 Å². The fraction of sp³-hybridized carbons (Fsp3) is 0.286. The topological polar surface area (TPSA) is 95.4 Å². The lowest BCUT2D eigenvalue weighted by Crippen LogP contribution is -2.49. The maximum atomic E-state index is 12.2. The molecule has 0 unspecified atom stereocenters. The predicted octanol–water partition coefficient (Wildman–Crippen LogP) is 2.26. The third-order valence-electron chi connectivity index (χ3n) is 3.56. The molecule has 0 aromatic heterocycles. The Labute approximate surface area is 120 Å². The first kappa shape index (κ1) is 13.2. The number of azide groups is 1. The first-order valence-corrected chi connectivity index (χ1v) is 6.52. The normalized spacial score (nSPS) is 19.7. The van der Waals surface area contributed by atoms with Gasteiger partial charge in [0.15, 0.2) is 0 Å². The van der Waals surface area contributed by atoms with Crippen LogP contribution in [0.15, 0.2) is 46.8 Å². The zero-order chi connectivity index (χ0) is 14.8. The zero-order valence-electron chi connectivity index (χ0n) is 11.1. The lowest BCUT2D eigenvalue weighted by atomic mass is 10.0. The number of ether oxygens (including phenoxy) is 1. The van der Waals surface area contributed by atoms with Gasteiger partial charge in [0.2, 0.25) is 5.91 Å². The Kier molecular flexibility index (Phi) is 3.33. The molecule has 2 aliphatic rings. The second-order valence-electron chi connectivity index (χ2n) is 4.87. The molecule has 0 N–H and O–H groups in total. The smallest absolute Gasteiger partial charge is 0.355 e. The summed E-state index contributed by atoms with van der Waals surface area (Å²) in [7, 11) is 0. The minimum Gasteiger partial charge on any atom is -0.456 e. The number of fused-ring (bicyclic) bond motifs is 1. The van der Waals surface area contributed by atoms with E-state index in [4.69, 9.17) is 10.3 Å². The molecule has 7 heteroatoms. The van der Waals surface area contributed by atoms with Crippen molar-refractivity contribution >= 4 is 11.9 Å². The van der Waals surface area contributed by atoms with E-state index in [0.29, 0.717) is 12.8 Å². The minimum atomic E-state index is -0.628. The predicted molar refractivity (Wildman–Crippen MR) is 72.3 cm³/mol. The summed E-state index contributed by atoms with van der Waals surface area (Å²) in [5.41, 5.74) is 9.78. The molecule has 3 rings (SSSR count). The standard InChI is InChI=1S/C14H12N4O3/c15-17-16-11-6-10-7-12(19)18(10)13(11)14(20)21-8-9-4-2-1-3-5-9/h1-5,10H,6-8H2/t10-/m1/s1. The number of benzene rings is 1. The molecule has 1 saturated heterocycles. The highest BCUT2D eigenvalue weighted by molar-refractivity contribution is 5.99. The molecule has 7 nitrogen and oxygen atoms in total. The van der Waals surface area contributed by atoms with Crippen molar-refractivity contribution in [1.82, 2.24) is 4.90 Å². The summed E-state index contributed by atoms with van der Waals surface area (Å²) in [6, 6.07) is 9.16. The molecule has 0 radical (unpaired) electrons. The van der Waals surface area contributed by atoms with Gasteiger partial charge in [0, 0.05) is 23.1 Å². The summed E-state index contributed by atoms with van der Waals surface area (Å²) in [5.74, 6) is -0.772. The van der Waals surface area contributed by atoms with Gasteiger partial charge in [-0.25, -0.2) is 4.79 Å². The van der Waals surface area contributed by atoms with Crippen LogP contribution in [0.3, 0.4) is 0 Å². The molecule has 1 aromatic carbocycles. The van der Waals surface area contributed by atoms with Crippen LogP contribution in [0.5, 0.6) is 0 Å². The maximum Gasteiger partial charge on any atom is 0.355 e. The molecule has 2 aliphatic heterocycles. The Morgan fingerprint density at radius 1 is 1.38 bits per heavy atom. The number of esters is 1. The van der Waals surface area contributed by atoms with Crippen LogP contribution in [0.25, 0.3) is 10.4 Å². The Hall–Kier alpha value is -2.79. The summed E-state index contributed by atoms with van der Waals surface area (Å²) in [6.45, 7) is 0.111. The van der Waals surface area contributed by atoms with Crippen molar-refractivity contribution in [3.05, 3.63) is 57.7 Å². The molecule has 1 amide bonds. The minimum absolute atomic E-state index is 0.0720. The van der Waals surface area contributed by atoms with Crippen LogP contribution in [0, 0.1) is 0 Å². The number of β-lactam (4-membered cyclic amide) rings is 1. The summed E-state index contributed by atoms with van der Waals surface area (Å²) in [4.78, 5) is 27.9. The van der Waals surface area contributed by atoms with Crippen LogP contribution in [0.2, 0.25) is 0 Å². The van der Waals surface area contributed by atoms with Gasteiger partial charge in [-0.3, -0.25) is 4.79 Å². The third kappa shape index (κ3) is 2.34. The van der Waals surface area contributed by atoms with E-state index in [1.807, 2.05) is 30.3 Å². The average molecular weight is 284 g/mol. The van der Waals surface area contributed by atoms with E-state index in [1.165, 1.54) is 4.90 Å². The molecule has 1 aromatic rings. The molecule has 0 bridgehead atoms. The van der Waals surface area contributed by atoms with Crippen molar-refractivity contribution in [2.45, 2.75) is 25.5 Å². The lowest BCUT2D eigenvalue weighted by Gasteiger charge is -2.35. The number of hydrogen-bond acceptors (Lipinski definition) is 4. The van der Waals surface area contributed by atoms with Crippen LogP contribution in [0.1, 0.15) is 18.4 Å². The third-order valence-corrected chi connectivity index (χ3v) is 3.56. The number of carbonyl (C=O) groups is 2. The molecule has 0 aliphatic carbocycles. The van der Waals surface area contributed by atoms with E-state index in [9.17, 15) is 9.59 Å². The second kappa shape index (κ2) is 5.30. The Balaban J connectivity index is 1.76. The molecular weight excluding hydrogens is 272 g/mol. The van der Waals surface area contributed by atoms with Gasteiger partial charge in [0.1, 0.15) is 12.3 Å². The van der Waals surface area contributed by atoms with E-state index in [1.54, 1.807) is 0 Å². The molecule has 1 fully saturated rings. The number of amides is 1. The summed E-state index contributed by atoms with van der Waals surface area (Å²) in [6.07, 6.45) is 0.783. The number of carbonyl (C=O) groups excluding carboxylic acids is 2. The van der Waals surface area contributed by atoms with Crippen LogP contribution >= 0.6 is 0 Å². The highest BCUT2D eigenvalue weighted by Crippen LogP contribution is 2.39. The van der Waals surface area contributed by atoms with Crippen molar-refractivity contribution < 1.29 is 14.3 Å². The van der Waals surface area contributed by atoms with Gasteiger partial charge in [0.25, 0.3) is 0 Å². The maximum absolute atomic E-state index is 12.2. The number of hydrogen-bond donors (Lipinski definition) is 0. The lowest BCUT2D eigenvalue weighted by molar-refractivity contribution is -0.151. The Morgan fingerprint density at radius 3 is 2.81 bits per heavy atom. The van der Waals surface area contributed by atoms with E-state index in [-0.39, 0.29) is 29.9 Å². The highest BCUT2D eigenvalue weighted by atomic mass is 16.5. The monoisotopic (exact) mass is 284 g/mol. The number of rotatable bonds is 4. The first-order valence-electron chi connectivity index (χ1n) is 6.52. The van der Waals surface area contributed by atoms with Crippen LogP contribution < -0.4 is 0 Å². The van der Waals surface area contributed by atoms with Gasteiger partial charge in [-0.15, -0.1) is 0 Å².